The molecule has 1 aliphatic carbocycles. The van der Waals surface area contributed by atoms with Crippen molar-refractivity contribution < 1.29 is 18.7 Å². The lowest BCUT2D eigenvalue weighted by Crippen LogP contribution is -2.52. The van der Waals surface area contributed by atoms with Crippen molar-refractivity contribution in [1.82, 2.24) is 5.32 Å². The van der Waals surface area contributed by atoms with Gasteiger partial charge in [0.05, 0.1) is 11.8 Å². The van der Waals surface area contributed by atoms with E-state index in [4.69, 9.17) is 4.74 Å². The van der Waals surface area contributed by atoms with Gasteiger partial charge in [-0.3, -0.25) is 9.59 Å². The first-order chi connectivity index (χ1) is 11.9. The van der Waals surface area contributed by atoms with Crippen molar-refractivity contribution in [3.05, 3.63) is 30.1 Å². The van der Waals surface area contributed by atoms with Crippen molar-refractivity contribution in [3.8, 4) is 6.07 Å². The summed E-state index contributed by atoms with van der Waals surface area (Å²) in [5, 5.41) is 12.1. The minimum atomic E-state index is -0.964. The van der Waals surface area contributed by atoms with E-state index >= 15 is 0 Å². The van der Waals surface area contributed by atoms with Crippen LogP contribution in [-0.2, 0) is 14.3 Å². The van der Waals surface area contributed by atoms with Crippen LogP contribution in [0.5, 0.6) is 0 Å². The number of carbonyl (C=O) groups is 2. The van der Waals surface area contributed by atoms with E-state index in [1.54, 1.807) is 12.1 Å². The maximum atomic E-state index is 12.8. The van der Waals surface area contributed by atoms with E-state index in [1.807, 2.05) is 0 Å². The number of hydrogen-bond acceptors (Lipinski definition) is 5. The molecule has 0 bridgehead atoms. The third-order valence-electron chi connectivity index (χ3n) is 4.13. The Morgan fingerprint density at radius 2 is 1.96 bits per heavy atom. The van der Waals surface area contributed by atoms with Crippen LogP contribution >= 0.6 is 11.8 Å². The number of halogens is 1. The Balaban J connectivity index is 1.80. The number of nitrogens with zero attached hydrogens (tertiary/aromatic N) is 1. The summed E-state index contributed by atoms with van der Waals surface area (Å²) in [6.45, 7) is 1.49. The maximum absolute atomic E-state index is 12.8. The molecule has 0 heterocycles. The summed E-state index contributed by atoms with van der Waals surface area (Å²) in [7, 11) is 0. The monoisotopic (exact) mass is 364 g/mol. The van der Waals surface area contributed by atoms with Gasteiger partial charge in [0.25, 0.3) is 5.91 Å². The number of nitrogens with one attached hydrogen (secondary N) is 1. The van der Waals surface area contributed by atoms with Gasteiger partial charge in [-0.05, 0) is 44.0 Å². The van der Waals surface area contributed by atoms with E-state index in [-0.39, 0.29) is 11.6 Å². The molecule has 1 atom stereocenters. The summed E-state index contributed by atoms with van der Waals surface area (Å²) in [4.78, 5) is 24.8. The first-order valence-electron chi connectivity index (χ1n) is 8.25. The van der Waals surface area contributed by atoms with Gasteiger partial charge in [0.1, 0.15) is 11.4 Å². The molecule has 1 amide bonds. The number of esters is 1. The van der Waals surface area contributed by atoms with Gasteiger partial charge in [-0.2, -0.15) is 5.26 Å². The van der Waals surface area contributed by atoms with Crippen molar-refractivity contribution in [3.63, 3.8) is 0 Å². The Labute approximate surface area is 150 Å². The highest BCUT2D eigenvalue weighted by atomic mass is 32.2. The Bertz CT molecular complexity index is 651. The third-order valence-corrected chi connectivity index (χ3v) is 5.12. The summed E-state index contributed by atoms with van der Waals surface area (Å²) in [5.74, 6) is -1.31. The minimum Gasteiger partial charge on any atom is -0.452 e. The molecule has 134 valence electrons. The number of rotatable bonds is 6. The van der Waals surface area contributed by atoms with Gasteiger partial charge in [-0.1, -0.05) is 19.3 Å². The topological polar surface area (TPSA) is 79.2 Å². The molecule has 1 saturated carbocycles. The minimum absolute atomic E-state index is 0.0205. The van der Waals surface area contributed by atoms with Crippen LogP contribution in [0.3, 0.4) is 0 Å². The average molecular weight is 364 g/mol. The summed E-state index contributed by atoms with van der Waals surface area (Å²) in [6, 6.07) is 7.98. The van der Waals surface area contributed by atoms with Crippen LogP contribution < -0.4 is 5.32 Å². The number of thioether (sulfide) groups is 1. The molecule has 0 spiro atoms. The Morgan fingerprint density at radius 3 is 2.56 bits per heavy atom. The fraction of sp³-hybridized carbons (Fsp3) is 0.500. The lowest BCUT2D eigenvalue weighted by Gasteiger charge is -2.32. The van der Waals surface area contributed by atoms with Crippen LogP contribution in [-0.4, -0.2) is 29.3 Å². The molecule has 0 unspecified atom stereocenters. The second-order valence-electron chi connectivity index (χ2n) is 6.12. The van der Waals surface area contributed by atoms with Crippen LogP contribution in [0.15, 0.2) is 29.2 Å². The van der Waals surface area contributed by atoms with Crippen molar-refractivity contribution in [2.75, 3.05) is 5.75 Å². The number of carbonyl (C=O) groups excluding carboxylic acids is 2. The van der Waals surface area contributed by atoms with Gasteiger partial charge >= 0.3 is 5.97 Å². The molecule has 1 fully saturated rings. The molecule has 7 heteroatoms. The van der Waals surface area contributed by atoms with Gasteiger partial charge < -0.3 is 10.1 Å². The normalized spacial score (nSPS) is 17.2. The van der Waals surface area contributed by atoms with Gasteiger partial charge in [-0.15, -0.1) is 11.8 Å². The zero-order valence-electron chi connectivity index (χ0n) is 14.1. The summed E-state index contributed by atoms with van der Waals surface area (Å²) in [5.41, 5.74) is -0.848. The molecule has 1 aromatic carbocycles. The van der Waals surface area contributed by atoms with Crippen LogP contribution in [0.1, 0.15) is 39.0 Å². The summed E-state index contributed by atoms with van der Waals surface area (Å²) >= 11 is 1.21. The highest BCUT2D eigenvalue weighted by molar-refractivity contribution is 8.00. The molecular weight excluding hydrogens is 343 g/mol. The number of nitriles is 1. The van der Waals surface area contributed by atoms with Crippen molar-refractivity contribution >= 4 is 23.6 Å². The van der Waals surface area contributed by atoms with Gasteiger partial charge in [-0.25, -0.2) is 4.39 Å². The molecule has 25 heavy (non-hydrogen) atoms. The fourth-order valence-electron chi connectivity index (χ4n) is 2.72. The van der Waals surface area contributed by atoms with Crippen LogP contribution in [0.4, 0.5) is 4.39 Å². The van der Waals surface area contributed by atoms with E-state index in [9.17, 15) is 19.2 Å². The lowest BCUT2D eigenvalue weighted by molar-refractivity contribution is -0.152. The van der Waals surface area contributed by atoms with Crippen LogP contribution in [0.25, 0.3) is 0 Å². The predicted octanol–water partition coefficient (Wildman–Crippen LogP) is 3.19. The third kappa shape index (κ3) is 5.75. The highest BCUT2D eigenvalue weighted by Crippen LogP contribution is 2.27. The number of benzene rings is 1. The van der Waals surface area contributed by atoms with Gasteiger partial charge in [0.2, 0.25) is 0 Å². The Morgan fingerprint density at radius 1 is 1.32 bits per heavy atom. The van der Waals surface area contributed by atoms with Gasteiger partial charge in [0.15, 0.2) is 6.10 Å². The molecule has 1 aromatic rings. The zero-order chi connectivity index (χ0) is 18.3. The molecular formula is C18H21FN2O3S. The zero-order valence-corrected chi connectivity index (χ0v) is 14.9. The fourth-order valence-corrected chi connectivity index (χ4v) is 3.40. The molecule has 0 aliphatic heterocycles. The van der Waals surface area contributed by atoms with Crippen molar-refractivity contribution in [2.45, 2.75) is 55.6 Å². The first kappa shape index (κ1) is 19.3. The molecule has 5 nitrogen and oxygen atoms in total. The maximum Gasteiger partial charge on any atom is 0.317 e. The Kier molecular flexibility index (Phi) is 6.82. The van der Waals surface area contributed by atoms with Crippen LogP contribution in [0, 0.1) is 17.1 Å². The first-order valence-corrected chi connectivity index (χ1v) is 9.24. The van der Waals surface area contributed by atoms with E-state index in [2.05, 4.69) is 11.4 Å². The Hall–Kier alpha value is -2.07. The smallest absolute Gasteiger partial charge is 0.317 e. The quantitative estimate of drug-likeness (QED) is 0.619. The lowest BCUT2D eigenvalue weighted by atomic mass is 9.83. The van der Waals surface area contributed by atoms with E-state index < -0.39 is 23.5 Å². The van der Waals surface area contributed by atoms with E-state index in [0.29, 0.717) is 12.8 Å². The van der Waals surface area contributed by atoms with Crippen molar-refractivity contribution in [1.29, 1.82) is 5.26 Å². The summed E-state index contributed by atoms with van der Waals surface area (Å²) in [6.07, 6.45) is 3.14. The van der Waals surface area contributed by atoms with E-state index in [1.165, 1.54) is 30.8 Å². The van der Waals surface area contributed by atoms with Gasteiger partial charge in [0, 0.05) is 4.90 Å². The second kappa shape index (κ2) is 8.86. The molecule has 0 saturated heterocycles. The SMILES string of the molecule is C[C@H](OC(=O)CSc1ccc(F)cc1)C(=O)NC1(C#N)CCCCC1. The molecule has 0 aromatic heterocycles. The number of hydrogen-bond donors (Lipinski definition) is 1. The predicted molar refractivity (Wildman–Crippen MR) is 92.2 cm³/mol. The molecule has 1 N–H and O–H groups in total. The van der Waals surface area contributed by atoms with Crippen molar-refractivity contribution in [2.24, 2.45) is 0 Å². The van der Waals surface area contributed by atoms with E-state index in [0.717, 1.165) is 24.2 Å². The second-order valence-corrected chi connectivity index (χ2v) is 7.17. The number of amides is 1. The number of ether oxygens (including phenoxy) is 1. The average Bonchev–Trinajstić information content (AvgIpc) is 2.62. The summed E-state index contributed by atoms with van der Waals surface area (Å²) < 4.78 is 18.0. The largest absolute Gasteiger partial charge is 0.452 e. The molecule has 0 radical (unpaired) electrons. The molecule has 1 aliphatic rings. The molecule has 2 rings (SSSR count). The highest BCUT2D eigenvalue weighted by Gasteiger charge is 2.35. The van der Waals surface area contributed by atoms with Crippen LogP contribution in [0.2, 0.25) is 0 Å². The standard InChI is InChI=1S/C18H21FN2O3S/c1-13(17(23)21-18(12-20)9-3-2-4-10-18)24-16(22)11-25-15-7-5-14(19)6-8-15/h5-8,13H,2-4,9-11H2,1H3,(H,21,23)/t13-/m0/s1.